The highest BCUT2D eigenvalue weighted by Gasteiger charge is 2.20. The van der Waals surface area contributed by atoms with Crippen LogP contribution in [0.2, 0.25) is 0 Å². The van der Waals surface area contributed by atoms with E-state index in [-0.39, 0.29) is 0 Å². The van der Waals surface area contributed by atoms with Crippen molar-refractivity contribution in [2.24, 2.45) is 0 Å². The van der Waals surface area contributed by atoms with Gasteiger partial charge >= 0.3 is 0 Å². The van der Waals surface area contributed by atoms with E-state index in [1.807, 2.05) is 14.2 Å². The summed E-state index contributed by atoms with van der Waals surface area (Å²) in [5, 5.41) is 3.35. The van der Waals surface area contributed by atoms with Crippen molar-refractivity contribution in [2.75, 3.05) is 14.2 Å². The minimum absolute atomic E-state index is 0.440. The average molecular weight is 171 g/mol. The van der Waals surface area contributed by atoms with E-state index in [0.29, 0.717) is 12.1 Å². The van der Waals surface area contributed by atoms with Gasteiger partial charge in [0, 0.05) is 13.2 Å². The first-order valence-corrected chi connectivity index (χ1v) is 5.08. The van der Waals surface area contributed by atoms with Crippen molar-refractivity contribution >= 4 is 0 Å². The molecule has 0 aliphatic heterocycles. The molecule has 0 saturated heterocycles. The van der Waals surface area contributed by atoms with Gasteiger partial charge in [-0.05, 0) is 19.9 Å². The highest BCUT2D eigenvalue weighted by Crippen LogP contribution is 2.19. The summed E-state index contributed by atoms with van der Waals surface area (Å²) < 4.78 is 5.47. The van der Waals surface area contributed by atoms with E-state index >= 15 is 0 Å². The molecule has 2 nitrogen and oxygen atoms in total. The van der Waals surface area contributed by atoms with E-state index < -0.39 is 0 Å². The predicted octanol–water partition coefficient (Wildman–Crippen LogP) is 1.94. The van der Waals surface area contributed by atoms with Crippen LogP contribution in [0, 0.1) is 0 Å². The van der Waals surface area contributed by atoms with Crippen LogP contribution in [-0.2, 0) is 4.74 Å². The fourth-order valence-corrected chi connectivity index (χ4v) is 2.06. The summed E-state index contributed by atoms with van der Waals surface area (Å²) in [7, 11) is 3.87. The van der Waals surface area contributed by atoms with E-state index in [9.17, 15) is 0 Å². The zero-order valence-corrected chi connectivity index (χ0v) is 8.31. The van der Waals surface area contributed by atoms with Crippen molar-refractivity contribution in [1.29, 1.82) is 0 Å². The monoisotopic (exact) mass is 171 g/mol. The van der Waals surface area contributed by atoms with Gasteiger partial charge in [-0.25, -0.2) is 0 Å². The summed E-state index contributed by atoms with van der Waals surface area (Å²) in [6.07, 6.45) is 8.40. The molecule has 1 aliphatic rings. The summed E-state index contributed by atoms with van der Waals surface area (Å²) in [5.74, 6) is 0. The minimum Gasteiger partial charge on any atom is -0.380 e. The summed E-state index contributed by atoms with van der Waals surface area (Å²) in [4.78, 5) is 0. The molecule has 2 atom stereocenters. The maximum atomic E-state index is 5.47. The van der Waals surface area contributed by atoms with Crippen molar-refractivity contribution in [2.45, 2.75) is 50.7 Å². The van der Waals surface area contributed by atoms with E-state index in [1.165, 1.54) is 38.5 Å². The fraction of sp³-hybridized carbons (Fsp3) is 1.00. The van der Waals surface area contributed by atoms with Crippen LogP contribution in [0.5, 0.6) is 0 Å². The highest BCUT2D eigenvalue weighted by molar-refractivity contribution is 4.77. The topological polar surface area (TPSA) is 21.3 Å². The van der Waals surface area contributed by atoms with Crippen molar-refractivity contribution in [3.05, 3.63) is 0 Å². The molecule has 72 valence electrons. The molecule has 0 heterocycles. The number of methoxy groups -OCH3 is 1. The molecule has 1 aliphatic carbocycles. The Balaban J connectivity index is 2.39. The Morgan fingerprint density at radius 2 is 1.75 bits per heavy atom. The normalized spacial score (nSPS) is 32.5. The summed E-state index contributed by atoms with van der Waals surface area (Å²) in [6, 6.07) is 0.579. The van der Waals surface area contributed by atoms with E-state index in [0.717, 1.165) is 0 Å². The maximum Gasteiger partial charge on any atom is 0.0724 e. The Morgan fingerprint density at radius 1 is 1.08 bits per heavy atom. The van der Waals surface area contributed by atoms with Crippen LogP contribution >= 0.6 is 0 Å². The predicted molar refractivity (Wildman–Crippen MR) is 51.3 cm³/mol. The van der Waals surface area contributed by atoms with Crippen molar-refractivity contribution < 1.29 is 4.74 Å². The first-order chi connectivity index (χ1) is 5.88. The molecule has 0 amide bonds. The quantitative estimate of drug-likeness (QED) is 0.685. The van der Waals surface area contributed by atoms with E-state index in [2.05, 4.69) is 5.32 Å². The van der Waals surface area contributed by atoms with Crippen molar-refractivity contribution in [3.63, 3.8) is 0 Å². The van der Waals surface area contributed by atoms with Crippen LogP contribution in [0.1, 0.15) is 38.5 Å². The van der Waals surface area contributed by atoms with Gasteiger partial charge in [-0.2, -0.15) is 0 Å². The van der Waals surface area contributed by atoms with Crippen LogP contribution in [0.25, 0.3) is 0 Å². The SMILES string of the molecule is CN[C@H]1CCCCCC[C@H]1OC. The lowest BCUT2D eigenvalue weighted by atomic mass is 9.94. The second-order valence-electron chi connectivity index (χ2n) is 3.66. The number of rotatable bonds is 2. The second kappa shape index (κ2) is 5.55. The number of ether oxygens (including phenoxy) is 1. The molecule has 2 heteroatoms. The third kappa shape index (κ3) is 2.76. The van der Waals surface area contributed by atoms with Gasteiger partial charge < -0.3 is 10.1 Å². The Kier molecular flexibility index (Phi) is 4.62. The van der Waals surface area contributed by atoms with Gasteiger partial charge in [-0.3, -0.25) is 0 Å². The molecule has 1 N–H and O–H groups in total. The molecule has 0 aromatic heterocycles. The Bertz CT molecular complexity index is 102. The smallest absolute Gasteiger partial charge is 0.0724 e. The van der Waals surface area contributed by atoms with Crippen LogP contribution in [0.15, 0.2) is 0 Å². The lowest BCUT2D eigenvalue weighted by Gasteiger charge is -2.27. The molecule has 1 fully saturated rings. The molecule has 0 spiro atoms. The number of likely N-dealkylation sites (N-methyl/N-ethyl adjacent to an activating group) is 1. The molecule has 0 radical (unpaired) electrons. The van der Waals surface area contributed by atoms with Gasteiger partial charge in [0.15, 0.2) is 0 Å². The van der Waals surface area contributed by atoms with E-state index in [1.54, 1.807) is 0 Å². The van der Waals surface area contributed by atoms with Crippen LogP contribution < -0.4 is 5.32 Å². The fourth-order valence-electron chi connectivity index (χ4n) is 2.06. The Labute approximate surface area is 75.7 Å². The maximum absolute atomic E-state index is 5.47. The number of nitrogens with one attached hydrogen (secondary N) is 1. The molecule has 0 bridgehead atoms. The molecular formula is C10H21NO. The second-order valence-corrected chi connectivity index (χ2v) is 3.66. The summed E-state index contributed by atoms with van der Waals surface area (Å²) >= 11 is 0. The van der Waals surface area contributed by atoms with Gasteiger partial charge in [0.25, 0.3) is 0 Å². The van der Waals surface area contributed by atoms with Gasteiger partial charge in [0.2, 0.25) is 0 Å². The molecular weight excluding hydrogens is 150 g/mol. The Morgan fingerprint density at radius 3 is 2.33 bits per heavy atom. The lowest BCUT2D eigenvalue weighted by Crippen LogP contribution is -2.39. The zero-order chi connectivity index (χ0) is 8.81. The molecule has 0 aromatic rings. The van der Waals surface area contributed by atoms with Crippen molar-refractivity contribution in [1.82, 2.24) is 5.32 Å². The Hall–Kier alpha value is -0.0800. The highest BCUT2D eigenvalue weighted by atomic mass is 16.5. The van der Waals surface area contributed by atoms with Gasteiger partial charge in [-0.1, -0.05) is 25.7 Å². The van der Waals surface area contributed by atoms with Gasteiger partial charge in [-0.15, -0.1) is 0 Å². The van der Waals surface area contributed by atoms with Crippen LogP contribution in [0.4, 0.5) is 0 Å². The lowest BCUT2D eigenvalue weighted by molar-refractivity contribution is 0.0544. The zero-order valence-electron chi connectivity index (χ0n) is 8.31. The first kappa shape index (κ1) is 10.0. The molecule has 1 rings (SSSR count). The molecule has 1 saturated carbocycles. The van der Waals surface area contributed by atoms with Crippen LogP contribution in [0.3, 0.4) is 0 Å². The summed E-state index contributed by atoms with van der Waals surface area (Å²) in [6.45, 7) is 0. The standard InChI is InChI=1S/C10H21NO/c1-11-9-7-5-3-4-6-8-10(9)12-2/h9-11H,3-8H2,1-2H3/t9-,10+/m0/s1. The number of hydrogen-bond donors (Lipinski definition) is 1. The van der Waals surface area contributed by atoms with Crippen molar-refractivity contribution in [3.8, 4) is 0 Å². The van der Waals surface area contributed by atoms with E-state index in [4.69, 9.17) is 4.74 Å². The van der Waals surface area contributed by atoms with Gasteiger partial charge in [0.1, 0.15) is 0 Å². The number of hydrogen-bond acceptors (Lipinski definition) is 2. The third-order valence-electron chi connectivity index (χ3n) is 2.88. The molecule has 0 aromatic carbocycles. The third-order valence-corrected chi connectivity index (χ3v) is 2.88. The van der Waals surface area contributed by atoms with Gasteiger partial charge in [0.05, 0.1) is 6.10 Å². The molecule has 12 heavy (non-hydrogen) atoms. The average Bonchev–Trinajstić information content (AvgIpc) is 2.05. The van der Waals surface area contributed by atoms with Crippen LogP contribution in [-0.4, -0.2) is 26.3 Å². The molecule has 0 unspecified atom stereocenters. The minimum atomic E-state index is 0.440. The first-order valence-electron chi connectivity index (χ1n) is 5.08. The summed E-state index contributed by atoms with van der Waals surface area (Å²) in [5.41, 5.74) is 0. The largest absolute Gasteiger partial charge is 0.380 e.